The summed E-state index contributed by atoms with van der Waals surface area (Å²) in [6, 6.07) is -0.527. The first kappa shape index (κ1) is 13.9. The van der Waals surface area contributed by atoms with Gasteiger partial charge in [0.15, 0.2) is 0 Å². The van der Waals surface area contributed by atoms with E-state index in [0.717, 1.165) is 18.8 Å². The van der Waals surface area contributed by atoms with Gasteiger partial charge in [0.25, 0.3) is 0 Å². The van der Waals surface area contributed by atoms with Crippen LogP contribution < -0.4 is 4.72 Å². The zero-order valence-electron chi connectivity index (χ0n) is 9.22. The summed E-state index contributed by atoms with van der Waals surface area (Å²) in [4.78, 5) is 7.16. The van der Waals surface area contributed by atoms with Crippen molar-refractivity contribution in [2.75, 3.05) is 0 Å². The lowest BCUT2D eigenvalue weighted by Crippen LogP contribution is -2.33. The van der Waals surface area contributed by atoms with Crippen molar-refractivity contribution in [2.45, 2.75) is 30.7 Å². The van der Waals surface area contributed by atoms with Crippen LogP contribution in [0.3, 0.4) is 0 Å². The van der Waals surface area contributed by atoms with E-state index in [1.807, 2.05) is 6.92 Å². The molecule has 0 radical (unpaired) electrons. The van der Waals surface area contributed by atoms with Gasteiger partial charge in [0, 0.05) is 0 Å². The molecule has 0 aliphatic heterocycles. The van der Waals surface area contributed by atoms with Crippen LogP contribution in [-0.4, -0.2) is 24.4 Å². The molecule has 0 fully saturated rings. The Hall–Kier alpha value is -1.16. The van der Waals surface area contributed by atoms with E-state index in [9.17, 15) is 8.42 Å². The average Bonchev–Trinajstić information content (AvgIpc) is 2.28. The fourth-order valence-electron chi connectivity index (χ4n) is 1.16. The van der Waals surface area contributed by atoms with Crippen LogP contribution in [0.25, 0.3) is 0 Å². The van der Waals surface area contributed by atoms with Crippen LogP contribution in [0.5, 0.6) is 0 Å². The minimum Gasteiger partial charge on any atom is -0.225 e. The highest BCUT2D eigenvalue weighted by molar-refractivity contribution is 7.89. The Balaban J connectivity index is 2.89. The molecule has 92 valence electrons. The first-order chi connectivity index (χ1) is 7.99. The molecule has 5 nitrogen and oxygen atoms in total. The molecule has 1 N–H and O–H groups in total. The lowest BCUT2D eigenvalue weighted by molar-refractivity contribution is 0.563. The van der Waals surface area contributed by atoms with E-state index in [1.54, 1.807) is 0 Å². The summed E-state index contributed by atoms with van der Waals surface area (Å²) in [5.74, 6) is 2.38. The van der Waals surface area contributed by atoms with Gasteiger partial charge in [-0.05, 0) is 18.0 Å². The van der Waals surface area contributed by atoms with Crippen LogP contribution in [-0.2, 0) is 10.0 Å². The Kier molecular flexibility index (Phi) is 4.87. The molecule has 1 unspecified atom stereocenters. The maximum Gasteiger partial charge on any atom is 0.244 e. The number of rotatable bonds is 5. The quantitative estimate of drug-likeness (QED) is 0.647. The first-order valence-electron chi connectivity index (χ1n) is 4.95. The third kappa shape index (κ3) is 3.97. The molecule has 1 heterocycles. The van der Waals surface area contributed by atoms with Crippen molar-refractivity contribution in [3.05, 3.63) is 17.7 Å². The Morgan fingerprint density at radius 3 is 2.59 bits per heavy atom. The van der Waals surface area contributed by atoms with Crippen molar-refractivity contribution in [1.82, 2.24) is 14.7 Å². The first-order valence-corrected chi connectivity index (χ1v) is 6.81. The predicted molar refractivity (Wildman–Crippen MR) is 64.9 cm³/mol. The lowest BCUT2D eigenvalue weighted by atomic mass is 10.2. The summed E-state index contributed by atoms with van der Waals surface area (Å²) >= 11 is 5.47. The molecule has 0 amide bonds. The Labute approximate surface area is 106 Å². The number of hydrogen-bond donors (Lipinski definition) is 1. The molecule has 1 atom stereocenters. The van der Waals surface area contributed by atoms with Gasteiger partial charge in [-0.15, -0.1) is 6.42 Å². The minimum atomic E-state index is -3.69. The van der Waals surface area contributed by atoms with Crippen molar-refractivity contribution >= 4 is 21.6 Å². The van der Waals surface area contributed by atoms with E-state index >= 15 is 0 Å². The molecular formula is C10H12ClN3O2S. The minimum absolute atomic E-state index is 0.00833. The molecule has 0 bridgehead atoms. The summed E-state index contributed by atoms with van der Waals surface area (Å²) in [5.41, 5.74) is 0. The molecule has 0 saturated heterocycles. The Morgan fingerprint density at radius 2 is 2.12 bits per heavy atom. The third-order valence-corrected chi connectivity index (χ3v) is 3.60. The lowest BCUT2D eigenvalue weighted by Gasteiger charge is -2.11. The van der Waals surface area contributed by atoms with Crippen molar-refractivity contribution < 1.29 is 8.42 Å². The fourth-order valence-corrected chi connectivity index (χ4v) is 2.34. The largest absolute Gasteiger partial charge is 0.244 e. The van der Waals surface area contributed by atoms with Gasteiger partial charge in [-0.2, -0.15) is 4.72 Å². The second-order valence-corrected chi connectivity index (χ2v) is 5.37. The van der Waals surface area contributed by atoms with Crippen LogP contribution in [0.2, 0.25) is 5.28 Å². The molecule has 1 rings (SSSR count). The van der Waals surface area contributed by atoms with Gasteiger partial charge in [0.2, 0.25) is 15.3 Å². The maximum absolute atomic E-state index is 11.9. The summed E-state index contributed by atoms with van der Waals surface area (Å²) in [7, 11) is -3.69. The summed E-state index contributed by atoms with van der Waals surface area (Å²) in [6.07, 6.45) is 8.87. The Morgan fingerprint density at radius 1 is 1.53 bits per heavy atom. The zero-order chi connectivity index (χ0) is 12.9. The van der Waals surface area contributed by atoms with Crippen molar-refractivity contribution in [3.63, 3.8) is 0 Å². The molecule has 1 aromatic heterocycles. The van der Waals surface area contributed by atoms with Gasteiger partial charge < -0.3 is 0 Å². The Bertz CT molecular complexity index is 507. The van der Waals surface area contributed by atoms with E-state index in [0.29, 0.717) is 6.42 Å². The smallest absolute Gasteiger partial charge is 0.225 e. The highest BCUT2D eigenvalue weighted by Gasteiger charge is 2.18. The van der Waals surface area contributed by atoms with E-state index < -0.39 is 16.1 Å². The van der Waals surface area contributed by atoms with Crippen LogP contribution in [0.4, 0.5) is 0 Å². The number of hydrogen-bond acceptors (Lipinski definition) is 4. The standard InChI is InChI=1S/C10H12ClN3O2S/c1-3-5-8(4-2)14-17(15,16)9-6-12-10(11)13-7-9/h2,6-8,14H,3,5H2,1H3. The number of terminal acetylenes is 1. The highest BCUT2D eigenvalue weighted by Crippen LogP contribution is 2.09. The monoisotopic (exact) mass is 273 g/mol. The molecule has 0 aromatic carbocycles. The third-order valence-electron chi connectivity index (χ3n) is 1.98. The molecule has 1 aromatic rings. The van der Waals surface area contributed by atoms with Crippen molar-refractivity contribution in [1.29, 1.82) is 0 Å². The summed E-state index contributed by atoms with van der Waals surface area (Å²) < 4.78 is 26.1. The second kappa shape index (κ2) is 5.96. The average molecular weight is 274 g/mol. The van der Waals surface area contributed by atoms with Crippen LogP contribution in [0.15, 0.2) is 17.3 Å². The molecule has 0 aliphatic rings. The fraction of sp³-hybridized carbons (Fsp3) is 0.400. The van der Waals surface area contributed by atoms with Crippen LogP contribution in [0, 0.1) is 12.3 Å². The van der Waals surface area contributed by atoms with Crippen molar-refractivity contribution in [3.8, 4) is 12.3 Å². The van der Waals surface area contributed by atoms with E-state index in [1.165, 1.54) is 0 Å². The number of halogens is 1. The number of nitrogens with one attached hydrogen (secondary N) is 1. The van der Waals surface area contributed by atoms with Gasteiger partial charge in [-0.25, -0.2) is 18.4 Å². The maximum atomic E-state index is 11.9. The molecule has 17 heavy (non-hydrogen) atoms. The predicted octanol–water partition coefficient (Wildman–Crippen LogP) is 1.21. The van der Waals surface area contributed by atoms with Gasteiger partial charge in [0.05, 0.1) is 18.4 Å². The van der Waals surface area contributed by atoms with E-state index in [-0.39, 0.29) is 10.2 Å². The second-order valence-electron chi connectivity index (χ2n) is 3.32. The van der Waals surface area contributed by atoms with Crippen LogP contribution in [0.1, 0.15) is 19.8 Å². The van der Waals surface area contributed by atoms with Crippen molar-refractivity contribution in [2.24, 2.45) is 0 Å². The normalized spacial score (nSPS) is 13.0. The summed E-state index contributed by atoms with van der Waals surface area (Å²) in [5, 5.41) is -0.00833. The SMILES string of the molecule is C#CC(CCC)NS(=O)(=O)c1cnc(Cl)nc1. The van der Waals surface area contributed by atoms with Gasteiger partial charge in [0.1, 0.15) is 4.90 Å². The van der Waals surface area contributed by atoms with E-state index in [2.05, 4.69) is 20.6 Å². The molecule has 0 saturated carbocycles. The number of nitrogens with zero attached hydrogens (tertiary/aromatic N) is 2. The molecule has 7 heteroatoms. The molecule has 0 spiro atoms. The zero-order valence-corrected chi connectivity index (χ0v) is 10.8. The highest BCUT2D eigenvalue weighted by atomic mass is 35.5. The van der Waals surface area contributed by atoms with Gasteiger partial charge >= 0.3 is 0 Å². The summed E-state index contributed by atoms with van der Waals surface area (Å²) in [6.45, 7) is 1.92. The molecular weight excluding hydrogens is 262 g/mol. The topological polar surface area (TPSA) is 72.0 Å². The van der Waals surface area contributed by atoms with Gasteiger partial charge in [-0.1, -0.05) is 19.3 Å². The number of sulfonamides is 1. The van der Waals surface area contributed by atoms with Crippen LogP contribution >= 0.6 is 11.6 Å². The molecule has 0 aliphatic carbocycles. The number of aromatic nitrogens is 2. The van der Waals surface area contributed by atoms with Gasteiger partial charge in [-0.3, -0.25) is 0 Å². The van der Waals surface area contributed by atoms with E-state index in [4.69, 9.17) is 18.0 Å².